The number of nitrogens with zero attached hydrogens (tertiary/aromatic N) is 2. The van der Waals surface area contributed by atoms with Crippen molar-refractivity contribution in [3.05, 3.63) is 35.7 Å². The molecule has 0 saturated heterocycles. The summed E-state index contributed by atoms with van der Waals surface area (Å²) in [6.45, 7) is 1.05. The van der Waals surface area contributed by atoms with Crippen LogP contribution >= 0.6 is 11.5 Å². The minimum absolute atomic E-state index is 0.0829. The van der Waals surface area contributed by atoms with Crippen molar-refractivity contribution in [1.82, 2.24) is 9.36 Å². The van der Waals surface area contributed by atoms with E-state index in [0.717, 1.165) is 24.8 Å². The zero-order valence-electron chi connectivity index (χ0n) is 9.92. The van der Waals surface area contributed by atoms with Crippen LogP contribution in [0.15, 0.2) is 23.4 Å². The van der Waals surface area contributed by atoms with Crippen molar-refractivity contribution >= 4 is 32.5 Å². The molecule has 106 valence electrons. The normalized spacial score (nSPS) is 11.3. The van der Waals surface area contributed by atoms with Gasteiger partial charge in [0.05, 0.1) is 5.56 Å². The van der Waals surface area contributed by atoms with Gasteiger partial charge in [-0.3, -0.25) is 9.52 Å². The van der Waals surface area contributed by atoms with Gasteiger partial charge in [0.2, 0.25) is 5.13 Å². The third-order valence-electron chi connectivity index (χ3n) is 2.27. The third-order valence-corrected chi connectivity index (χ3v) is 4.34. The van der Waals surface area contributed by atoms with Crippen LogP contribution in [0.2, 0.25) is 0 Å². The lowest BCUT2D eigenvalue weighted by Crippen LogP contribution is -2.15. The van der Waals surface area contributed by atoms with Gasteiger partial charge >= 0.3 is 0 Å². The number of halogens is 2. The highest BCUT2D eigenvalue weighted by Crippen LogP contribution is 2.22. The molecular formula is C10H7F2N3O3S2. The number of Topliss-reactive ketones (excluding diaryl/α,β-unsaturated/α-hetero) is 1. The fourth-order valence-corrected chi connectivity index (χ4v) is 3.13. The number of ketones is 1. The van der Waals surface area contributed by atoms with E-state index in [1.807, 2.05) is 4.72 Å². The van der Waals surface area contributed by atoms with Crippen molar-refractivity contribution in [1.29, 1.82) is 0 Å². The molecule has 0 amide bonds. The smallest absolute Gasteiger partial charge is 0.266 e. The van der Waals surface area contributed by atoms with E-state index < -0.39 is 37.9 Å². The van der Waals surface area contributed by atoms with Gasteiger partial charge in [0.15, 0.2) is 5.78 Å². The summed E-state index contributed by atoms with van der Waals surface area (Å²) in [6.07, 6.45) is 1.11. The molecule has 1 aromatic carbocycles. The third kappa shape index (κ3) is 2.80. The molecule has 2 aromatic rings. The topological polar surface area (TPSA) is 89.0 Å². The summed E-state index contributed by atoms with van der Waals surface area (Å²) in [5, 5.41) is -0.0829. The fraction of sp³-hybridized carbons (Fsp3) is 0.100. The Morgan fingerprint density at radius 2 is 2.00 bits per heavy atom. The number of carbonyl (C=O) groups is 1. The van der Waals surface area contributed by atoms with Crippen LogP contribution < -0.4 is 4.72 Å². The van der Waals surface area contributed by atoms with Crippen molar-refractivity contribution in [2.75, 3.05) is 4.72 Å². The molecule has 2 rings (SSSR count). The molecule has 0 radical (unpaired) electrons. The lowest BCUT2D eigenvalue weighted by Gasteiger charge is -2.07. The first-order valence-electron chi connectivity index (χ1n) is 5.11. The zero-order chi connectivity index (χ0) is 14.9. The summed E-state index contributed by atoms with van der Waals surface area (Å²) in [5.74, 6) is -3.05. The first-order valence-corrected chi connectivity index (χ1v) is 7.36. The van der Waals surface area contributed by atoms with E-state index in [2.05, 4.69) is 9.36 Å². The summed E-state index contributed by atoms with van der Waals surface area (Å²) in [4.78, 5) is 13.7. The maximum absolute atomic E-state index is 13.7. The highest BCUT2D eigenvalue weighted by molar-refractivity contribution is 7.93. The molecule has 1 heterocycles. The summed E-state index contributed by atoms with van der Waals surface area (Å²) in [6, 6.07) is 1.00. The molecule has 20 heavy (non-hydrogen) atoms. The van der Waals surface area contributed by atoms with Gasteiger partial charge in [0, 0.05) is 11.5 Å². The van der Waals surface area contributed by atoms with Gasteiger partial charge in [0.1, 0.15) is 22.9 Å². The van der Waals surface area contributed by atoms with Crippen molar-refractivity contribution in [2.45, 2.75) is 11.8 Å². The second-order valence-electron chi connectivity index (χ2n) is 3.67. The van der Waals surface area contributed by atoms with Crippen LogP contribution in [0.3, 0.4) is 0 Å². The lowest BCUT2D eigenvalue weighted by molar-refractivity contribution is 0.101. The summed E-state index contributed by atoms with van der Waals surface area (Å²) in [7, 11) is -4.35. The molecule has 6 nitrogen and oxygen atoms in total. The number of benzene rings is 1. The molecule has 0 unspecified atom stereocenters. The van der Waals surface area contributed by atoms with E-state index in [-0.39, 0.29) is 5.13 Å². The molecule has 0 atom stereocenters. The van der Waals surface area contributed by atoms with Gasteiger partial charge in [-0.05, 0) is 19.1 Å². The molecule has 0 aliphatic rings. The van der Waals surface area contributed by atoms with Crippen LogP contribution in [-0.2, 0) is 10.0 Å². The van der Waals surface area contributed by atoms with Crippen LogP contribution in [-0.4, -0.2) is 23.6 Å². The van der Waals surface area contributed by atoms with Crippen molar-refractivity contribution in [3.63, 3.8) is 0 Å². The van der Waals surface area contributed by atoms with Crippen LogP contribution in [0, 0.1) is 11.6 Å². The Bertz CT molecular complexity index is 760. The number of nitrogens with one attached hydrogen (secondary N) is 1. The Kier molecular flexibility index (Phi) is 3.77. The average Bonchev–Trinajstić information content (AvgIpc) is 2.83. The molecule has 0 spiro atoms. The molecule has 1 N–H and O–H groups in total. The van der Waals surface area contributed by atoms with Gasteiger partial charge in [-0.2, -0.15) is 4.37 Å². The van der Waals surface area contributed by atoms with Crippen molar-refractivity contribution in [3.8, 4) is 0 Å². The first kappa shape index (κ1) is 14.5. The number of carbonyl (C=O) groups excluding carboxylic acids is 1. The molecule has 0 saturated carbocycles. The van der Waals surface area contributed by atoms with Crippen LogP contribution in [0.5, 0.6) is 0 Å². The SMILES string of the molecule is CC(=O)c1cc(F)c(S(=O)(=O)Nc2ncns2)cc1F. The largest absolute Gasteiger partial charge is 0.294 e. The van der Waals surface area contributed by atoms with E-state index in [9.17, 15) is 22.0 Å². The maximum atomic E-state index is 13.7. The minimum Gasteiger partial charge on any atom is -0.294 e. The molecular weight excluding hydrogens is 312 g/mol. The summed E-state index contributed by atoms with van der Waals surface area (Å²) in [5.41, 5.74) is -0.516. The Hall–Kier alpha value is -1.94. The lowest BCUT2D eigenvalue weighted by atomic mass is 10.1. The quantitative estimate of drug-likeness (QED) is 0.868. The fourth-order valence-electron chi connectivity index (χ4n) is 1.39. The van der Waals surface area contributed by atoms with E-state index >= 15 is 0 Å². The van der Waals surface area contributed by atoms with Crippen LogP contribution in [0.1, 0.15) is 17.3 Å². The Morgan fingerprint density at radius 1 is 1.30 bits per heavy atom. The van der Waals surface area contributed by atoms with Crippen LogP contribution in [0.25, 0.3) is 0 Å². The van der Waals surface area contributed by atoms with Crippen molar-refractivity contribution in [2.24, 2.45) is 0 Å². The molecule has 0 aliphatic carbocycles. The Morgan fingerprint density at radius 3 is 2.55 bits per heavy atom. The van der Waals surface area contributed by atoms with Gasteiger partial charge in [0.25, 0.3) is 10.0 Å². The second-order valence-corrected chi connectivity index (χ2v) is 6.10. The predicted molar refractivity (Wildman–Crippen MR) is 67.1 cm³/mol. The standard InChI is InChI=1S/C10H7F2N3O3S2/c1-5(16)6-2-8(12)9(3-7(6)11)20(17,18)15-10-13-4-14-19-10/h2-4H,1H3,(H,13,14,15). The number of rotatable bonds is 4. The van der Waals surface area contributed by atoms with Gasteiger partial charge in [-0.1, -0.05) is 0 Å². The number of hydrogen-bond donors (Lipinski definition) is 1. The van der Waals surface area contributed by atoms with E-state index in [0.29, 0.717) is 12.1 Å². The van der Waals surface area contributed by atoms with E-state index in [1.54, 1.807) is 0 Å². The maximum Gasteiger partial charge on any atom is 0.266 e. The average molecular weight is 319 g/mol. The van der Waals surface area contributed by atoms with Gasteiger partial charge in [-0.15, -0.1) is 0 Å². The second kappa shape index (κ2) is 5.21. The van der Waals surface area contributed by atoms with Crippen molar-refractivity contribution < 1.29 is 22.0 Å². The monoisotopic (exact) mass is 319 g/mol. The number of anilines is 1. The summed E-state index contributed by atoms with van der Waals surface area (Å²) < 4.78 is 56.6. The molecule has 0 fully saturated rings. The molecule has 1 aromatic heterocycles. The number of sulfonamides is 1. The Labute approximate surface area is 116 Å². The Balaban J connectivity index is 2.47. The minimum atomic E-state index is -4.35. The first-order chi connectivity index (χ1) is 9.31. The van der Waals surface area contributed by atoms with Gasteiger partial charge in [-0.25, -0.2) is 22.2 Å². The number of aromatic nitrogens is 2. The summed E-state index contributed by atoms with van der Waals surface area (Å²) >= 11 is 0.741. The predicted octanol–water partition coefficient (Wildman–Crippen LogP) is 1.82. The molecule has 10 heteroatoms. The highest BCUT2D eigenvalue weighted by atomic mass is 32.2. The van der Waals surface area contributed by atoms with E-state index in [1.165, 1.54) is 0 Å². The molecule has 0 bridgehead atoms. The number of hydrogen-bond acceptors (Lipinski definition) is 6. The van der Waals surface area contributed by atoms with Gasteiger partial charge < -0.3 is 0 Å². The molecule has 0 aliphatic heterocycles. The van der Waals surface area contributed by atoms with E-state index in [4.69, 9.17) is 0 Å². The highest BCUT2D eigenvalue weighted by Gasteiger charge is 2.24. The van der Waals surface area contributed by atoms with Crippen LogP contribution in [0.4, 0.5) is 13.9 Å². The zero-order valence-corrected chi connectivity index (χ0v) is 11.6.